The third kappa shape index (κ3) is 4.54. The van der Waals surface area contributed by atoms with Crippen molar-refractivity contribution in [1.82, 2.24) is 30.4 Å². The lowest BCUT2D eigenvalue weighted by molar-refractivity contribution is -0.137. The Kier molecular flexibility index (Phi) is 6.74. The van der Waals surface area contributed by atoms with Crippen LogP contribution in [0.15, 0.2) is 12.3 Å². The van der Waals surface area contributed by atoms with E-state index in [1.54, 1.807) is 0 Å². The predicted octanol–water partition coefficient (Wildman–Crippen LogP) is 6.11. The van der Waals surface area contributed by atoms with Gasteiger partial charge in [-0.05, 0) is 63.1 Å². The molecule has 244 valence electrons. The minimum absolute atomic E-state index is 0.0263. The minimum Gasteiger partial charge on any atom is -0.461 e. The van der Waals surface area contributed by atoms with Gasteiger partial charge in [-0.15, -0.1) is 0 Å². The van der Waals surface area contributed by atoms with Gasteiger partial charge in [-0.25, -0.2) is 13.2 Å². The molecule has 2 N–H and O–H groups in total. The molecule has 46 heavy (non-hydrogen) atoms. The molecule has 0 spiro atoms. The molecule has 2 aromatic carbocycles. The van der Waals surface area contributed by atoms with Gasteiger partial charge in [0.05, 0.1) is 22.9 Å². The van der Waals surface area contributed by atoms with Gasteiger partial charge < -0.3 is 15.0 Å². The maximum atomic E-state index is 16.8. The number of halogens is 6. The number of nitrogens with zero attached hydrogens (tertiary/aromatic N) is 5. The Balaban J connectivity index is 1.32. The Morgan fingerprint density at radius 3 is 2.52 bits per heavy atom. The van der Waals surface area contributed by atoms with Crippen molar-refractivity contribution in [1.29, 1.82) is 0 Å². The maximum absolute atomic E-state index is 16.8. The number of aromatic nitrogens is 4. The topological polar surface area (TPSA) is 82.2 Å². The average molecular weight is 646 g/mol. The zero-order chi connectivity index (χ0) is 32.1. The van der Waals surface area contributed by atoms with Gasteiger partial charge >= 0.3 is 12.2 Å². The fourth-order valence-corrected chi connectivity index (χ4v) is 8.56. The molecule has 4 aromatic rings. The summed E-state index contributed by atoms with van der Waals surface area (Å²) in [6.45, 7) is 6.38. The third-order valence-corrected chi connectivity index (χ3v) is 10.4. The smallest absolute Gasteiger partial charge is 0.417 e. The van der Waals surface area contributed by atoms with E-state index in [2.05, 4.69) is 37.3 Å². The van der Waals surface area contributed by atoms with E-state index >= 15 is 13.2 Å². The summed E-state index contributed by atoms with van der Waals surface area (Å²) in [5.74, 6) is -3.00. The third-order valence-electron chi connectivity index (χ3n) is 10.4. The van der Waals surface area contributed by atoms with E-state index in [9.17, 15) is 13.2 Å². The lowest BCUT2D eigenvalue weighted by Gasteiger charge is -2.35. The van der Waals surface area contributed by atoms with Crippen LogP contribution in [0.1, 0.15) is 50.2 Å². The number of nitrogens with one attached hydrogen (secondary N) is 2. The molecule has 0 saturated carbocycles. The largest absolute Gasteiger partial charge is 0.461 e. The van der Waals surface area contributed by atoms with Crippen molar-refractivity contribution in [3.63, 3.8) is 0 Å². The van der Waals surface area contributed by atoms with Crippen LogP contribution in [0, 0.1) is 30.3 Å². The highest BCUT2D eigenvalue weighted by Gasteiger charge is 2.48. The molecule has 8 rings (SSSR count). The number of rotatable bonds is 5. The number of hydrogen-bond donors (Lipinski definition) is 2. The first-order chi connectivity index (χ1) is 21.9. The quantitative estimate of drug-likeness (QED) is 0.254. The molecule has 6 heterocycles. The van der Waals surface area contributed by atoms with Gasteiger partial charge in [0.15, 0.2) is 11.6 Å². The van der Waals surface area contributed by atoms with Crippen LogP contribution in [0.5, 0.6) is 6.01 Å². The van der Waals surface area contributed by atoms with E-state index < -0.39 is 51.3 Å². The number of benzene rings is 2. The highest BCUT2D eigenvalue weighted by molar-refractivity contribution is 6.01. The lowest BCUT2D eigenvalue weighted by Crippen LogP contribution is -2.51. The first-order valence-electron chi connectivity index (χ1n) is 15.7. The Morgan fingerprint density at radius 2 is 1.78 bits per heavy atom. The molecule has 2 unspecified atom stereocenters. The zero-order valence-corrected chi connectivity index (χ0v) is 25.4. The molecule has 2 aromatic heterocycles. The number of hydrogen-bond acceptors (Lipinski definition) is 7. The average Bonchev–Trinajstić information content (AvgIpc) is 3.77. The Morgan fingerprint density at radius 1 is 1.02 bits per heavy atom. The molecular weight excluding hydrogens is 612 g/mol. The van der Waals surface area contributed by atoms with Gasteiger partial charge in [-0.2, -0.15) is 28.2 Å². The standard InChI is InChI=1S/C32H33F6N7O/c1-15-9-31(6-3-7-45(31)11-15)14-46-30-41-27-19(29(42-30)44-12-17-4-5-18(13-44)40-17)8-21(33)23(26(27)35)22-20-10-39-43-28(20)25(34)16(2)24(22)32(36,37)38/h8,10,15,17-18,40H,3-7,9,11-14H2,1-2H3,(H,39,43)/t15-,17?,18?,31+/m1/s1. The van der Waals surface area contributed by atoms with Gasteiger partial charge in [0.25, 0.3) is 0 Å². The molecule has 0 aliphatic carbocycles. The molecule has 14 heteroatoms. The van der Waals surface area contributed by atoms with Crippen LogP contribution in [0.25, 0.3) is 32.9 Å². The molecule has 2 bridgehead atoms. The van der Waals surface area contributed by atoms with Crippen LogP contribution >= 0.6 is 0 Å². The van der Waals surface area contributed by atoms with E-state index in [0.717, 1.165) is 64.4 Å². The SMILES string of the molecule is Cc1c(C(F)(F)F)c(-c2c(F)cc3c(N4CC5CCC(C4)N5)nc(OC[C@@]45CCCN4C[C@H](C)C5)nc3c2F)c2cn[nH]c2c1F. The normalized spacial score (nSPS) is 26.5. The molecule has 4 aliphatic heterocycles. The molecule has 0 radical (unpaired) electrons. The highest BCUT2D eigenvalue weighted by atomic mass is 19.4. The summed E-state index contributed by atoms with van der Waals surface area (Å²) in [5, 5.41) is 9.19. The molecular formula is C32H33F6N7O. The number of H-pyrrole nitrogens is 1. The van der Waals surface area contributed by atoms with Crippen LogP contribution in [0.3, 0.4) is 0 Å². The van der Waals surface area contributed by atoms with Crippen LogP contribution in [-0.2, 0) is 6.18 Å². The number of anilines is 1. The number of aromatic amines is 1. The second-order valence-corrected chi connectivity index (χ2v) is 13.5. The van der Waals surface area contributed by atoms with Crippen molar-refractivity contribution in [3.05, 3.63) is 40.8 Å². The van der Waals surface area contributed by atoms with E-state index in [-0.39, 0.29) is 52.5 Å². The second-order valence-electron chi connectivity index (χ2n) is 13.5. The maximum Gasteiger partial charge on any atom is 0.417 e. The number of alkyl halides is 3. The first-order valence-corrected chi connectivity index (χ1v) is 15.7. The Labute approximate surface area is 260 Å². The van der Waals surface area contributed by atoms with Gasteiger partial charge in [0, 0.05) is 48.1 Å². The van der Waals surface area contributed by atoms with Gasteiger partial charge in [-0.3, -0.25) is 10.00 Å². The van der Waals surface area contributed by atoms with Crippen LogP contribution in [-0.4, -0.2) is 75.5 Å². The van der Waals surface area contributed by atoms with E-state index in [1.807, 2.05) is 4.90 Å². The number of fused-ring (bicyclic) bond motifs is 5. The van der Waals surface area contributed by atoms with E-state index in [4.69, 9.17) is 4.74 Å². The first kappa shape index (κ1) is 29.7. The van der Waals surface area contributed by atoms with Crippen LogP contribution in [0.2, 0.25) is 0 Å². The number of ether oxygens (including phenoxy) is 1. The Bertz CT molecular complexity index is 1870. The minimum atomic E-state index is -5.13. The molecule has 4 saturated heterocycles. The summed E-state index contributed by atoms with van der Waals surface area (Å²) in [5.41, 5.74) is -5.02. The summed E-state index contributed by atoms with van der Waals surface area (Å²) >= 11 is 0. The zero-order valence-electron chi connectivity index (χ0n) is 25.4. The van der Waals surface area contributed by atoms with Crippen molar-refractivity contribution in [2.24, 2.45) is 5.92 Å². The van der Waals surface area contributed by atoms with Gasteiger partial charge in [0.1, 0.15) is 29.3 Å². The fraction of sp³-hybridized carbons (Fsp3) is 0.531. The lowest BCUT2D eigenvalue weighted by atomic mass is 9.90. The van der Waals surface area contributed by atoms with E-state index in [1.165, 1.54) is 0 Å². The van der Waals surface area contributed by atoms with Crippen molar-refractivity contribution in [2.45, 2.75) is 69.8 Å². The van der Waals surface area contributed by atoms with Crippen molar-refractivity contribution in [3.8, 4) is 17.1 Å². The summed E-state index contributed by atoms with van der Waals surface area (Å²) < 4.78 is 97.9. The van der Waals surface area contributed by atoms with Crippen molar-refractivity contribution in [2.75, 3.05) is 37.7 Å². The molecule has 4 atom stereocenters. The monoisotopic (exact) mass is 645 g/mol. The molecule has 4 aliphatic rings. The van der Waals surface area contributed by atoms with Gasteiger partial charge in [0.2, 0.25) is 0 Å². The summed E-state index contributed by atoms with van der Waals surface area (Å²) in [7, 11) is 0. The van der Waals surface area contributed by atoms with E-state index in [0.29, 0.717) is 19.0 Å². The molecule has 4 fully saturated rings. The number of piperazine rings is 1. The molecule has 0 amide bonds. The fourth-order valence-electron chi connectivity index (χ4n) is 8.56. The predicted molar refractivity (Wildman–Crippen MR) is 159 cm³/mol. The van der Waals surface area contributed by atoms with Crippen LogP contribution < -0.4 is 15.0 Å². The summed E-state index contributed by atoms with van der Waals surface area (Å²) in [6, 6.07) is 1.20. The highest BCUT2D eigenvalue weighted by Crippen LogP contribution is 2.48. The molecule has 8 nitrogen and oxygen atoms in total. The Hall–Kier alpha value is -3.65. The van der Waals surface area contributed by atoms with Crippen LogP contribution in [0.4, 0.5) is 32.2 Å². The van der Waals surface area contributed by atoms with Crippen molar-refractivity contribution >= 4 is 27.6 Å². The van der Waals surface area contributed by atoms with Gasteiger partial charge in [-0.1, -0.05) is 6.92 Å². The summed E-state index contributed by atoms with van der Waals surface area (Å²) in [4.78, 5) is 13.4. The van der Waals surface area contributed by atoms with Crippen molar-refractivity contribution < 1.29 is 31.1 Å². The second kappa shape index (κ2) is 10.4. The summed E-state index contributed by atoms with van der Waals surface area (Å²) in [6.07, 6.45) is 0.606.